The van der Waals surface area contributed by atoms with Crippen LogP contribution in [0.5, 0.6) is 11.5 Å². The van der Waals surface area contributed by atoms with E-state index in [4.69, 9.17) is 4.74 Å². The minimum absolute atomic E-state index is 0.0801. The first kappa shape index (κ1) is 34.2. The Morgan fingerprint density at radius 2 is 1.78 bits per heavy atom. The summed E-state index contributed by atoms with van der Waals surface area (Å²) >= 11 is 2.02. The third kappa shape index (κ3) is 9.67. The zero-order chi connectivity index (χ0) is 32.5. The number of benzene rings is 2. The van der Waals surface area contributed by atoms with Crippen LogP contribution in [0.1, 0.15) is 38.3 Å². The number of ether oxygens (including phenoxy) is 1. The van der Waals surface area contributed by atoms with Crippen LogP contribution in [0.4, 0.5) is 4.39 Å². The number of nitrogens with one attached hydrogen (secondary N) is 4. The number of aryl methyl sites for hydroxylation is 1. The summed E-state index contributed by atoms with van der Waals surface area (Å²) in [6, 6.07) is 10.5. The highest BCUT2D eigenvalue weighted by atomic mass is 127. The molecule has 0 bridgehead atoms. The molecule has 45 heavy (non-hydrogen) atoms. The summed E-state index contributed by atoms with van der Waals surface area (Å²) in [5.41, 5.74) is 1.47. The molecule has 0 saturated carbocycles. The lowest BCUT2D eigenvalue weighted by Gasteiger charge is -2.29. The second-order valence-electron chi connectivity index (χ2n) is 11.7. The molecule has 0 radical (unpaired) electrons. The molecular formula is C33H41FIN5O5. The van der Waals surface area contributed by atoms with E-state index >= 15 is 0 Å². The van der Waals surface area contributed by atoms with Crippen LogP contribution in [0.15, 0.2) is 60.9 Å². The van der Waals surface area contributed by atoms with Gasteiger partial charge in [-0.2, -0.15) is 0 Å². The Kier molecular flexibility index (Phi) is 12.2. The Morgan fingerprint density at radius 1 is 1.02 bits per heavy atom. The van der Waals surface area contributed by atoms with E-state index in [9.17, 15) is 23.9 Å². The zero-order valence-electron chi connectivity index (χ0n) is 25.7. The van der Waals surface area contributed by atoms with Crippen molar-refractivity contribution in [3.05, 3.63) is 81.4 Å². The number of aromatic nitrogens is 1. The molecule has 10 nitrogen and oxygen atoms in total. The van der Waals surface area contributed by atoms with Crippen molar-refractivity contribution in [2.75, 3.05) is 13.2 Å². The van der Waals surface area contributed by atoms with Crippen LogP contribution in [0.25, 0.3) is 0 Å². The average molecular weight is 734 g/mol. The van der Waals surface area contributed by atoms with Gasteiger partial charge in [-0.25, -0.2) is 4.39 Å². The predicted octanol–water partition coefficient (Wildman–Crippen LogP) is 3.29. The average Bonchev–Trinajstić information content (AvgIpc) is 3.51. The summed E-state index contributed by atoms with van der Waals surface area (Å²) in [6.07, 6.45) is 4.86. The normalized spacial score (nSPS) is 22.3. The topological polar surface area (TPSA) is 134 Å². The van der Waals surface area contributed by atoms with Gasteiger partial charge in [0.15, 0.2) is 11.6 Å². The molecular weight excluding hydrogens is 692 g/mol. The molecule has 1 aliphatic rings. The quantitative estimate of drug-likeness (QED) is 0.256. The van der Waals surface area contributed by atoms with Crippen LogP contribution < -0.4 is 26.0 Å². The molecule has 4 atom stereocenters. The fourth-order valence-electron chi connectivity index (χ4n) is 5.21. The number of hydrogen-bond acceptors (Lipinski definition) is 6. The van der Waals surface area contributed by atoms with E-state index in [2.05, 4.69) is 21.3 Å². The fourth-order valence-corrected chi connectivity index (χ4v) is 5.79. The van der Waals surface area contributed by atoms with Crippen molar-refractivity contribution in [2.24, 2.45) is 5.92 Å². The number of para-hydroxylation sites is 1. The number of hydrogen-bond donors (Lipinski definition) is 5. The third-order valence-corrected chi connectivity index (χ3v) is 8.51. The second-order valence-corrected chi connectivity index (χ2v) is 12.9. The maximum absolute atomic E-state index is 14.9. The predicted molar refractivity (Wildman–Crippen MR) is 177 cm³/mol. The zero-order valence-corrected chi connectivity index (χ0v) is 27.8. The minimum atomic E-state index is -0.923. The summed E-state index contributed by atoms with van der Waals surface area (Å²) in [6.45, 7) is 6.08. The number of phenols is 1. The highest BCUT2D eigenvalue weighted by Crippen LogP contribution is 2.25. The van der Waals surface area contributed by atoms with Crippen LogP contribution in [0.3, 0.4) is 0 Å². The Balaban J connectivity index is 1.65. The largest absolute Gasteiger partial charge is 0.507 e. The van der Waals surface area contributed by atoms with E-state index in [1.165, 1.54) is 6.07 Å². The van der Waals surface area contributed by atoms with Crippen molar-refractivity contribution < 1.29 is 28.6 Å². The van der Waals surface area contributed by atoms with Gasteiger partial charge in [0.05, 0.1) is 16.2 Å². The summed E-state index contributed by atoms with van der Waals surface area (Å²) in [5.74, 6) is -1.74. The van der Waals surface area contributed by atoms with E-state index in [0.717, 1.165) is 5.56 Å². The van der Waals surface area contributed by atoms with Gasteiger partial charge in [0, 0.05) is 25.0 Å². The fraction of sp³-hybridized carbons (Fsp3) is 0.424. The van der Waals surface area contributed by atoms with E-state index in [1.807, 2.05) is 55.5 Å². The summed E-state index contributed by atoms with van der Waals surface area (Å²) in [5, 5.41) is 22.0. The van der Waals surface area contributed by atoms with Gasteiger partial charge in [0.1, 0.15) is 24.4 Å². The van der Waals surface area contributed by atoms with Gasteiger partial charge < -0.3 is 30.4 Å². The molecule has 1 aromatic heterocycles. The van der Waals surface area contributed by atoms with E-state index < -0.39 is 35.8 Å². The molecule has 0 unspecified atom stereocenters. The number of aromatic hydroxyl groups is 1. The number of carbonyl (C=O) groups excluding carboxylic acids is 3. The van der Waals surface area contributed by atoms with Gasteiger partial charge in [0.25, 0.3) is 0 Å². The first-order chi connectivity index (χ1) is 21.5. The van der Waals surface area contributed by atoms with E-state index in [1.54, 1.807) is 47.3 Å². The Hall–Kier alpha value is -3.65. The monoisotopic (exact) mass is 733 g/mol. The molecule has 0 saturated heterocycles. The smallest absolute Gasteiger partial charge is 0.244 e. The van der Waals surface area contributed by atoms with Gasteiger partial charge in [-0.1, -0.05) is 32.0 Å². The molecule has 2 aromatic carbocycles. The highest BCUT2D eigenvalue weighted by molar-refractivity contribution is 14.1. The van der Waals surface area contributed by atoms with Gasteiger partial charge in [0.2, 0.25) is 17.7 Å². The van der Waals surface area contributed by atoms with Crippen molar-refractivity contribution >= 4 is 40.3 Å². The van der Waals surface area contributed by atoms with Crippen molar-refractivity contribution in [1.29, 1.82) is 0 Å². The van der Waals surface area contributed by atoms with Crippen molar-refractivity contribution in [1.82, 2.24) is 25.8 Å². The SMILES string of the molecule is CC(C)[C@H]1NC(=O)[C@@H](Cc2ccc(O)c(I)c2)N[C@@H](C)COc2c(F)cccc2CCCNC(=O)[C@H](Cn2cccc2)NC1=O. The van der Waals surface area contributed by atoms with Crippen LogP contribution in [0, 0.1) is 15.3 Å². The Labute approximate surface area is 276 Å². The molecule has 5 N–H and O–H groups in total. The van der Waals surface area contributed by atoms with Crippen LogP contribution in [0.2, 0.25) is 0 Å². The molecule has 3 aromatic rings. The van der Waals surface area contributed by atoms with Gasteiger partial charge in [-0.3, -0.25) is 19.7 Å². The molecule has 0 spiro atoms. The summed E-state index contributed by atoms with van der Waals surface area (Å²) in [7, 11) is 0. The number of rotatable bonds is 5. The molecule has 3 amide bonds. The summed E-state index contributed by atoms with van der Waals surface area (Å²) in [4.78, 5) is 40.8. The van der Waals surface area contributed by atoms with Gasteiger partial charge >= 0.3 is 0 Å². The first-order valence-corrected chi connectivity index (χ1v) is 16.2. The van der Waals surface area contributed by atoms with Gasteiger partial charge in [-0.15, -0.1) is 0 Å². The number of fused-ring (bicyclic) bond motifs is 1. The second kappa shape index (κ2) is 16.1. The van der Waals surface area contributed by atoms with Crippen molar-refractivity contribution in [3.8, 4) is 11.5 Å². The summed E-state index contributed by atoms with van der Waals surface area (Å²) < 4.78 is 23.3. The Bertz CT molecular complexity index is 1470. The lowest BCUT2D eigenvalue weighted by atomic mass is 10.00. The number of amides is 3. The number of halogens is 2. The molecule has 2 heterocycles. The number of carbonyl (C=O) groups is 3. The molecule has 242 valence electrons. The van der Waals surface area contributed by atoms with Crippen LogP contribution >= 0.6 is 22.6 Å². The van der Waals surface area contributed by atoms with Crippen molar-refractivity contribution in [3.63, 3.8) is 0 Å². The maximum Gasteiger partial charge on any atom is 0.244 e. The van der Waals surface area contributed by atoms with Gasteiger partial charge in [-0.05, 0) is 96.2 Å². The molecule has 12 heteroatoms. The minimum Gasteiger partial charge on any atom is -0.507 e. The third-order valence-electron chi connectivity index (χ3n) is 7.64. The number of nitrogens with zero attached hydrogens (tertiary/aromatic N) is 1. The lowest BCUT2D eigenvalue weighted by molar-refractivity contribution is -0.133. The lowest BCUT2D eigenvalue weighted by Crippen LogP contribution is -2.59. The van der Waals surface area contributed by atoms with E-state index in [-0.39, 0.29) is 48.9 Å². The van der Waals surface area contributed by atoms with Crippen molar-refractivity contribution in [2.45, 2.75) is 70.7 Å². The Morgan fingerprint density at radius 3 is 2.49 bits per heavy atom. The van der Waals surface area contributed by atoms with Crippen LogP contribution in [-0.4, -0.2) is 64.7 Å². The molecule has 0 aliphatic carbocycles. The molecule has 4 rings (SSSR count). The number of phenolic OH excluding ortho intramolecular Hbond substituents is 1. The van der Waals surface area contributed by atoms with E-state index in [0.29, 0.717) is 28.5 Å². The highest BCUT2D eigenvalue weighted by Gasteiger charge is 2.32. The standard InChI is InChI=1S/C33H41FIN5O5/c1-20(2)29-33(44)38-27(18-40-14-4-5-15-40)31(42)36-13-7-9-23-8-6-10-24(34)30(23)45-19-21(3)37-26(32(43)39-29)17-22-11-12-28(41)25(35)16-22/h4-6,8,10-12,14-16,20-21,26-27,29,37,41H,7,9,13,17-19H2,1-3H3,(H,36,42)(H,38,44)(H,39,43)/t21-,26+,27-,29+/m0/s1. The first-order valence-electron chi connectivity index (χ1n) is 15.1. The maximum atomic E-state index is 14.9. The van der Waals surface area contributed by atoms with Crippen LogP contribution in [-0.2, 0) is 33.8 Å². The molecule has 1 aliphatic heterocycles. The molecule has 0 fully saturated rings.